The highest BCUT2D eigenvalue weighted by Crippen LogP contribution is 2.21. The van der Waals surface area contributed by atoms with Crippen molar-refractivity contribution in [2.24, 2.45) is 0 Å². The lowest BCUT2D eigenvalue weighted by atomic mass is 10.0. The second-order valence-electron chi connectivity index (χ2n) is 5.41. The molecule has 4 nitrogen and oxygen atoms in total. The maximum Gasteiger partial charge on any atom is 0.242 e. The molecule has 0 fully saturated rings. The SMILES string of the molecule is CN(C)C(C(=O)NCc1ccc(C#N)cc1)c1ccccc1F. The van der Waals surface area contributed by atoms with Gasteiger partial charge in [-0.3, -0.25) is 9.69 Å². The predicted molar refractivity (Wildman–Crippen MR) is 85.8 cm³/mol. The Kier molecular flexibility index (Phi) is 5.45. The van der Waals surface area contributed by atoms with Crippen LogP contribution in [-0.2, 0) is 11.3 Å². The van der Waals surface area contributed by atoms with Gasteiger partial charge in [0, 0.05) is 12.1 Å². The average molecular weight is 311 g/mol. The number of nitrogens with zero attached hydrogens (tertiary/aromatic N) is 2. The van der Waals surface area contributed by atoms with Crippen LogP contribution in [0, 0.1) is 17.1 Å². The number of benzene rings is 2. The standard InChI is InChI=1S/C18H18FN3O/c1-22(2)17(15-5-3-4-6-16(15)19)18(23)21-12-14-9-7-13(11-20)8-10-14/h3-10,17H,12H2,1-2H3,(H,21,23). The van der Waals surface area contributed by atoms with Crippen molar-refractivity contribution in [2.75, 3.05) is 14.1 Å². The summed E-state index contributed by atoms with van der Waals surface area (Å²) in [5.41, 5.74) is 1.79. The highest BCUT2D eigenvalue weighted by molar-refractivity contribution is 5.83. The van der Waals surface area contributed by atoms with Crippen molar-refractivity contribution < 1.29 is 9.18 Å². The van der Waals surface area contributed by atoms with Crippen LogP contribution in [0.3, 0.4) is 0 Å². The number of amides is 1. The van der Waals surface area contributed by atoms with Crippen molar-refractivity contribution in [3.63, 3.8) is 0 Å². The molecule has 1 amide bonds. The predicted octanol–water partition coefficient (Wildman–Crippen LogP) is 2.62. The lowest BCUT2D eigenvalue weighted by molar-refractivity contribution is -0.126. The summed E-state index contributed by atoms with van der Waals surface area (Å²) in [5.74, 6) is -0.677. The Bertz CT molecular complexity index is 720. The Morgan fingerprint density at radius 2 is 1.87 bits per heavy atom. The van der Waals surface area contributed by atoms with Gasteiger partial charge in [-0.25, -0.2) is 4.39 Å². The second kappa shape index (κ2) is 7.52. The van der Waals surface area contributed by atoms with Crippen LogP contribution in [0.25, 0.3) is 0 Å². The van der Waals surface area contributed by atoms with Gasteiger partial charge >= 0.3 is 0 Å². The molecule has 0 bridgehead atoms. The summed E-state index contributed by atoms with van der Waals surface area (Å²) in [5, 5.41) is 11.6. The first-order chi connectivity index (χ1) is 11.0. The topological polar surface area (TPSA) is 56.1 Å². The van der Waals surface area contributed by atoms with Crippen molar-refractivity contribution in [2.45, 2.75) is 12.6 Å². The molecule has 0 spiro atoms. The molecule has 1 atom stereocenters. The van der Waals surface area contributed by atoms with Gasteiger partial charge in [0.2, 0.25) is 5.91 Å². The van der Waals surface area contributed by atoms with E-state index in [1.165, 1.54) is 6.07 Å². The number of hydrogen-bond donors (Lipinski definition) is 1. The molecule has 0 heterocycles. The van der Waals surface area contributed by atoms with Crippen LogP contribution in [0.5, 0.6) is 0 Å². The summed E-state index contributed by atoms with van der Waals surface area (Å²) < 4.78 is 14.0. The van der Waals surface area contributed by atoms with Crippen molar-refractivity contribution >= 4 is 5.91 Å². The number of rotatable bonds is 5. The molecule has 1 unspecified atom stereocenters. The number of carbonyl (C=O) groups is 1. The molecule has 23 heavy (non-hydrogen) atoms. The summed E-state index contributed by atoms with van der Waals surface area (Å²) in [4.78, 5) is 14.1. The largest absolute Gasteiger partial charge is 0.350 e. The minimum Gasteiger partial charge on any atom is -0.350 e. The molecule has 0 aliphatic carbocycles. The van der Waals surface area contributed by atoms with Crippen LogP contribution in [0.4, 0.5) is 4.39 Å². The zero-order chi connectivity index (χ0) is 16.8. The second-order valence-corrected chi connectivity index (χ2v) is 5.41. The molecule has 0 saturated carbocycles. The van der Waals surface area contributed by atoms with Crippen LogP contribution in [0.1, 0.15) is 22.7 Å². The average Bonchev–Trinajstić information content (AvgIpc) is 2.55. The van der Waals surface area contributed by atoms with Gasteiger partial charge in [-0.15, -0.1) is 0 Å². The molecule has 0 aliphatic heterocycles. The van der Waals surface area contributed by atoms with E-state index in [4.69, 9.17) is 5.26 Å². The Morgan fingerprint density at radius 1 is 1.22 bits per heavy atom. The Morgan fingerprint density at radius 3 is 2.43 bits per heavy atom. The van der Waals surface area contributed by atoms with Gasteiger partial charge in [0.15, 0.2) is 0 Å². The summed E-state index contributed by atoms with van der Waals surface area (Å²) in [6.45, 7) is 0.323. The summed E-state index contributed by atoms with van der Waals surface area (Å²) >= 11 is 0. The molecule has 1 N–H and O–H groups in total. The third-order valence-corrected chi connectivity index (χ3v) is 3.51. The van der Waals surface area contributed by atoms with E-state index < -0.39 is 11.9 Å². The molecular weight excluding hydrogens is 293 g/mol. The van der Waals surface area contributed by atoms with Gasteiger partial charge in [0.25, 0.3) is 0 Å². The van der Waals surface area contributed by atoms with E-state index in [-0.39, 0.29) is 5.91 Å². The van der Waals surface area contributed by atoms with E-state index in [0.717, 1.165) is 5.56 Å². The quantitative estimate of drug-likeness (QED) is 0.923. The fourth-order valence-electron chi connectivity index (χ4n) is 2.33. The molecule has 2 aromatic carbocycles. The first kappa shape index (κ1) is 16.7. The van der Waals surface area contributed by atoms with E-state index in [2.05, 4.69) is 5.32 Å². The maximum atomic E-state index is 14.0. The molecule has 0 saturated heterocycles. The molecule has 118 valence electrons. The number of nitrogens with one attached hydrogen (secondary N) is 1. The number of hydrogen-bond acceptors (Lipinski definition) is 3. The zero-order valence-electron chi connectivity index (χ0n) is 13.1. The van der Waals surface area contributed by atoms with Crippen molar-refractivity contribution in [1.29, 1.82) is 5.26 Å². The van der Waals surface area contributed by atoms with Gasteiger partial charge in [0.05, 0.1) is 11.6 Å². The zero-order valence-corrected chi connectivity index (χ0v) is 13.1. The number of halogens is 1. The fraction of sp³-hybridized carbons (Fsp3) is 0.222. The van der Waals surface area contributed by atoms with E-state index in [1.807, 2.05) is 6.07 Å². The lowest BCUT2D eigenvalue weighted by Crippen LogP contribution is -2.37. The van der Waals surface area contributed by atoms with Crippen LogP contribution >= 0.6 is 0 Å². The van der Waals surface area contributed by atoms with E-state index in [0.29, 0.717) is 17.7 Å². The summed E-state index contributed by atoms with van der Waals surface area (Å²) in [7, 11) is 3.47. The van der Waals surface area contributed by atoms with E-state index >= 15 is 0 Å². The van der Waals surface area contributed by atoms with Crippen LogP contribution < -0.4 is 5.32 Å². The smallest absolute Gasteiger partial charge is 0.242 e. The van der Waals surface area contributed by atoms with Crippen LogP contribution in [0.2, 0.25) is 0 Å². The summed E-state index contributed by atoms with van der Waals surface area (Å²) in [6.07, 6.45) is 0. The third-order valence-electron chi connectivity index (χ3n) is 3.51. The van der Waals surface area contributed by atoms with Gasteiger partial charge < -0.3 is 5.32 Å². The van der Waals surface area contributed by atoms with Crippen molar-refractivity contribution in [3.05, 3.63) is 71.0 Å². The van der Waals surface area contributed by atoms with Gasteiger partial charge in [-0.2, -0.15) is 5.26 Å². The van der Waals surface area contributed by atoms with Gasteiger partial charge in [0.1, 0.15) is 11.9 Å². The summed E-state index contributed by atoms with van der Waals surface area (Å²) in [6, 6.07) is 14.6. The fourth-order valence-corrected chi connectivity index (χ4v) is 2.33. The maximum absolute atomic E-state index is 14.0. The lowest BCUT2D eigenvalue weighted by Gasteiger charge is -2.24. The molecule has 5 heteroatoms. The molecule has 2 rings (SSSR count). The Hall–Kier alpha value is -2.71. The van der Waals surface area contributed by atoms with Crippen molar-refractivity contribution in [1.82, 2.24) is 10.2 Å². The first-order valence-corrected chi connectivity index (χ1v) is 7.20. The van der Waals surface area contributed by atoms with Crippen molar-refractivity contribution in [3.8, 4) is 6.07 Å². The molecular formula is C18H18FN3O. The van der Waals surface area contributed by atoms with E-state index in [9.17, 15) is 9.18 Å². The van der Waals surface area contributed by atoms with Crippen LogP contribution in [0.15, 0.2) is 48.5 Å². The molecule has 0 aromatic heterocycles. The van der Waals surface area contributed by atoms with Gasteiger partial charge in [-0.05, 0) is 37.9 Å². The monoisotopic (exact) mass is 311 g/mol. The van der Waals surface area contributed by atoms with Gasteiger partial charge in [-0.1, -0.05) is 30.3 Å². The Balaban J connectivity index is 2.10. The minimum absolute atomic E-state index is 0.274. The highest BCUT2D eigenvalue weighted by atomic mass is 19.1. The highest BCUT2D eigenvalue weighted by Gasteiger charge is 2.25. The molecule has 2 aromatic rings. The Labute approximate surface area is 135 Å². The number of nitriles is 1. The number of likely N-dealkylation sites (N-methyl/N-ethyl adjacent to an activating group) is 1. The minimum atomic E-state index is -0.699. The normalized spacial score (nSPS) is 11.8. The molecule has 0 aliphatic rings. The first-order valence-electron chi connectivity index (χ1n) is 7.20. The van der Waals surface area contributed by atoms with E-state index in [1.54, 1.807) is 61.5 Å². The molecule has 0 radical (unpaired) electrons. The third kappa shape index (κ3) is 4.15. The number of carbonyl (C=O) groups excluding carboxylic acids is 1. The van der Waals surface area contributed by atoms with Crippen LogP contribution in [-0.4, -0.2) is 24.9 Å².